The Labute approximate surface area is 466 Å². The van der Waals surface area contributed by atoms with Crippen molar-refractivity contribution >= 4 is 71.2 Å². The summed E-state index contributed by atoms with van der Waals surface area (Å²) in [6.45, 7) is 41.9. The molecule has 0 aliphatic rings. The van der Waals surface area contributed by atoms with Gasteiger partial charge in [-0.05, 0) is 170 Å². The number of aromatic nitrogens is 1. The molecule has 396 valence electrons. The minimum Gasteiger partial charge on any atom is -0.310 e. The molecule has 0 amide bonds. The molecule has 1 aromatic heterocycles. The monoisotopic (exact) mass is 1020 g/mol. The number of anilines is 3. The predicted octanol–water partition coefficient (Wildman–Crippen LogP) is 22.3. The number of benzene rings is 10. The molecular formula is C76H82N2. The van der Waals surface area contributed by atoms with Gasteiger partial charge in [-0.3, -0.25) is 0 Å². The van der Waals surface area contributed by atoms with Crippen molar-refractivity contribution in [1.29, 1.82) is 0 Å². The van der Waals surface area contributed by atoms with Crippen LogP contribution in [0.2, 0.25) is 0 Å². The van der Waals surface area contributed by atoms with Gasteiger partial charge in [0.1, 0.15) is 0 Å². The number of fused-ring (bicyclic) bond motifs is 3. The average molecular weight is 1020 g/mol. The van der Waals surface area contributed by atoms with Crippen LogP contribution in [0.5, 0.6) is 0 Å². The highest BCUT2D eigenvalue weighted by atomic mass is 15.1. The molecule has 0 atom stereocenters. The topological polar surface area (TPSA) is 8.17 Å². The van der Waals surface area contributed by atoms with Crippen LogP contribution in [-0.4, -0.2) is 4.57 Å². The maximum atomic E-state index is 2.54. The Bertz CT molecular complexity index is 3880. The lowest BCUT2D eigenvalue weighted by Crippen LogP contribution is -2.16. The molecular weight excluding hydrogens is 941 g/mol. The molecule has 0 aliphatic heterocycles. The van der Waals surface area contributed by atoms with Crippen molar-refractivity contribution in [2.45, 2.75) is 157 Å². The zero-order chi connectivity index (χ0) is 55.8. The SMILES string of the molecule is CC(C)(C)c1cc(-c2cccc(N(c3cccc(-c4cc(C(C)(C)C)cc(C(C)(C)C)c4)c3)c3ccc4ccc5c(-n6c7ccc(C(C)(C)C)cc7c7cc(C(C)(C)C)ccc76)ccc6ccc3c4c65)c2)cc(C(C)(C)C)c1. The minimum absolute atomic E-state index is 0.00799. The summed E-state index contributed by atoms with van der Waals surface area (Å²) in [6.07, 6.45) is 0. The van der Waals surface area contributed by atoms with Crippen molar-refractivity contribution in [1.82, 2.24) is 4.57 Å². The van der Waals surface area contributed by atoms with Gasteiger partial charge in [-0.15, -0.1) is 0 Å². The van der Waals surface area contributed by atoms with Crippen LogP contribution in [0.1, 0.15) is 158 Å². The molecule has 1 heterocycles. The molecule has 10 aromatic carbocycles. The maximum absolute atomic E-state index is 2.54. The Morgan fingerprint density at radius 3 is 1.06 bits per heavy atom. The summed E-state index contributed by atoms with van der Waals surface area (Å²) >= 11 is 0. The van der Waals surface area contributed by atoms with Gasteiger partial charge in [0.2, 0.25) is 0 Å². The molecule has 0 spiro atoms. The van der Waals surface area contributed by atoms with E-state index in [4.69, 9.17) is 0 Å². The van der Waals surface area contributed by atoms with Crippen LogP contribution in [0, 0.1) is 0 Å². The fourth-order valence-corrected chi connectivity index (χ4v) is 11.8. The van der Waals surface area contributed by atoms with Gasteiger partial charge in [0, 0.05) is 32.9 Å². The van der Waals surface area contributed by atoms with E-state index in [2.05, 4.69) is 304 Å². The molecule has 0 bridgehead atoms. The number of hydrogen-bond acceptors (Lipinski definition) is 1. The van der Waals surface area contributed by atoms with Crippen molar-refractivity contribution in [3.63, 3.8) is 0 Å². The quantitative estimate of drug-likeness (QED) is 0.151. The maximum Gasteiger partial charge on any atom is 0.0541 e. The highest BCUT2D eigenvalue weighted by Gasteiger charge is 2.27. The second kappa shape index (κ2) is 18.2. The average Bonchev–Trinajstić information content (AvgIpc) is 3.66. The molecule has 0 aliphatic carbocycles. The molecule has 0 radical (unpaired) electrons. The van der Waals surface area contributed by atoms with Crippen LogP contribution in [0.3, 0.4) is 0 Å². The highest BCUT2D eigenvalue weighted by molar-refractivity contribution is 6.27. The summed E-state index contributed by atoms with van der Waals surface area (Å²) in [5, 5.41) is 10.1. The van der Waals surface area contributed by atoms with Gasteiger partial charge in [-0.2, -0.15) is 0 Å². The van der Waals surface area contributed by atoms with Gasteiger partial charge in [0.05, 0.1) is 22.4 Å². The van der Waals surface area contributed by atoms with E-state index in [-0.39, 0.29) is 32.5 Å². The third-order valence-corrected chi connectivity index (χ3v) is 16.8. The molecule has 11 rings (SSSR count). The van der Waals surface area contributed by atoms with E-state index in [1.54, 1.807) is 0 Å². The van der Waals surface area contributed by atoms with Crippen LogP contribution in [0.4, 0.5) is 17.1 Å². The summed E-state index contributed by atoms with van der Waals surface area (Å²) < 4.78 is 2.54. The Morgan fingerprint density at radius 1 is 0.282 bits per heavy atom. The summed E-state index contributed by atoms with van der Waals surface area (Å²) in [5.74, 6) is 0. The van der Waals surface area contributed by atoms with Crippen molar-refractivity contribution in [3.05, 3.63) is 203 Å². The van der Waals surface area contributed by atoms with E-state index in [9.17, 15) is 0 Å². The largest absolute Gasteiger partial charge is 0.310 e. The molecule has 0 fully saturated rings. The first-order chi connectivity index (χ1) is 36.4. The first kappa shape index (κ1) is 52.9. The number of hydrogen-bond donors (Lipinski definition) is 0. The van der Waals surface area contributed by atoms with Crippen LogP contribution < -0.4 is 4.90 Å². The Balaban J connectivity index is 1.17. The standard InChI is InChI=1S/C76H82N2/c1-71(2,3)53-29-35-67-63(45-53)64-46-54(72(4,5)6)30-36-68(64)78(67)66-34-28-48-25-31-61-65(33-27-47-26-32-62(66)70(48)69(47)61)77(59-23-19-21-49(41-59)51-37-55(73(7,8)9)43-56(38-51)74(10,11)12)60-24-20-22-50(42-60)52-39-57(75(13,14)15)44-58(40-52)76(16,17)18/h19-46H,1-18H3. The highest BCUT2D eigenvalue weighted by Crippen LogP contribution is 2.48. The second-order valence-corrected chi connectivity index (χ2v) is 28.9. The van der Waals surface area contributed by atoms with Crippen LogP contribution in [-0.2, 0) is 32.5 Å². The normalized spacial score (nSPS) is 13.3. The van der Waals surface area contributed by atoms with Crippen molar-refractivity contribution in [3.8, 4) is 27.9 Å². The van der Waals surface area contributed by atoms with Gasteiger partial charge in [-0.25, -0.2) is 0 Å². The summed E-state index contributed by atoms with van der Waals surface area (Å²) in [5.41, 5.74) is 20.0. The van der Waals surface area contributed by atoms with Crippen molar-refractivity contribution in [2.75, 3.05) is 4.90 Å². The van der Waals surface area contributed by atoms with E-state index < -0.39 is 0 Å². The predicted molar refractivity (Wildman–Crippen MR) is 342 cm³/mol. The Kier molecular flexibility index (Phi) is 12.3. The van der Waals surface area contributed by atoms with Crippen LogP contribution >= 0.6 is 0 Å². The molecule has 2 heteroatoms. The zero-order valence-electron chi connectivity index (χ0n) is 50.1. The Hall–Kier alpha value is -7.16. The van der Waals surface area contributed by atoms with Crippen molar-refractivity contribution < 1.29 is 0 Å². The lowest BCUT2D eigenvalue weighted by atomic mass is 9.79. The van der Waals surface area contributed by atoms with Gasteiger partial charge in [-0.1, -0.05) is 234 Å². The molecule has 2 nitrogen and oxygen atoms in total. The third kappa shape index (κ3) is 9.48. The molecule has 0 saturated carbocycles. The van der Waals surface area contributed by atoms with Gasteiger partial charge in [0.15, 0.2) is 0 Å². The smallest absolute Gasteiger partial charge is 0.0541 e. The fourth-order valence-electron chi connectivity index (χ4n) is 11.8. The van der Waals surface area contributed by atoms with Gasteiger partial charge in [0.25, 0.3) is 0 Å². The molecule has 0 unspecified atom stereocenters. The molecule has 0 N–H and O–H groups in total. The number of rotatable bonds is 6. The Morgan fingerprint density at radius 2 is 0.654 bits per heavy atom. The lowest BCUT2D eigenvalue weighted by Gasteiger charge is -2.29. The minimum atomic E-state index is -0.00799. The first-order valence-electron chi connectivity index (χ1n) is 28.6. The van der Waals surface area contributed by atoms with E-state index in [1.807, 2.05) is 0 Å². The molecule has 78 heavy (non-hydrogen) atoms. The summed E-state index contributed by atoms with van der Waals surface area (Å²) in [6, 6.07) is 66.4. The van der Waals surface area contributed by atoms with Crippen LogP contribution in [0.15, 0.2) is 170 Å². The fraction of sp³-hybridized carbons (Fsp3) is 0.316. The number of nitrogens with zero attached hydrogens (tertiary/aromatic N) is 2. The summed E-state index contributed by atoms with van der Waals surface area (Å²) in [4.78, 5) is 2.53. The second-order valence-electron chi connectivity index (χ2n) is 28.9. The van der Waals surface area contributed by atoms with E-state index in [0.717, 1.165) is 17.1 Å². The molecule has 0 saturated heterocycles. The van der Waals surface area contributed by atoms with E-state index >= 15 is 0 Å². The van der Waals surface area contributed by atoms with E-state index in [1.165, 1.54) is 115 Å². The molecule has 11 aromatic rings. The van der Waals surface area contributed by atoms with Crippen LogP contribution in [0.25, 0.3) is 82.1 Å². The zero-order valence-corrected chi connectivity index (χ0v) is 50.1. The van der Waals surface area contributed by atoms with E-state index in [0.29, 0.717) is 0 Å². The lowest BCUT2D eigenvalue weighted by molar-refractivity contribution is 0.568. The third-order valence-electron chi connectivity index (χ3n) is 16.8. The van der Waals surface area contributed by atoms with Gasteiger partial charge < -0.3 is 9.47 Å². The summed E-state index contributed by atoms with van der Waals surface area (Å²) in [7, 11) is 0. The van der Waals surface area contributed by atoms with Crippen molar-refractivity contribution in [2.24, 2.45) is 0 Å². The first-order valence-corrected chi connectivity index (χ1v) is 28.6. The van der Waals surface area contributed by atoms with Gasteiger partial charge >= 0.3 is 0 Å².